The Hall–Kier alpha value is -2.04. The molecule has 0 bridgehead atoms. The average molecular weight is 256 g/mol. The molecular weight excluding hydrogens is 240 g/mol. The largest absolute Gasteiger partial charge is 0.336 e. The normalized spacial score (nSPS) is 15.7. The maximum absolute atomic E-state index is 12.3. The molecule has 1 fully saturated rings. The Morgan fingerprint density at radius 2 is 1.89 bits per heavy atom. The van der Waals surface area contributed by atoms with Gasteiger partial charge in [0.1, 0.15) is 5.52 Å². The van der Waals surface area contributed by atoms with Gasteiger partial charge in [-0.15, -0.1) is 10.2 Å². The average Bonchev–Trinajstić information content (AvgIpc) is 2.46. The number of piperidine rings is 1. The Labute approximate surface area is 111 Å². The number of rotatable bonds is 1. The SMILES string of the molecule is Cc1ccc2nnc(C(=O)N3CCCCC3)nc2c1. The molecule has 0 spiro atoms. The summed E-state index contributed by atoms with van der Waals surface area (Å²) in [4.78, 5) is 18.5. The van der Waals surface area contributed by atoms with Crippen molar-refractivity contribution in [2.24, 2.45) is 0 Å². The first kappa shape index (κ1) is 12.0. The predicted octanol–water partition coefficient (Wildman–Crippen LogP) is 1.96. The third kappa shape index (κ3) is 2.41. The summed E-state index contributed by atoms with van der Waals surface area (Å²) < 4.78 is 0. The smallest absolute Gasteiger partial charge is 0.293 e. The van der Waals surface area contributed by atoms with Gasteiger partial charge in [-0.3, -0.25) is 4.79 Å². The number of benzene rings is 1. The van der Waals surface area contributed by atoms with Crippen LogP contribution in [-0.2, 0) is 0 Å². The van der Waals surface area contributed by atoms with Crippen molar-refractivity contribution < 1.29 is 4.79 Å². The number of fused-ring (bicyclic) bond motifs is 1. The number of amides is 1. The highest BCUT2D eigenvalue weighted by molar-refractivity contribution is 5.92. The van der Waals surface area contributed by atoms with E-state index in [9.17, 15) is 4.79 Å². The molecule has 2 heterocycles. The molecule has 0 unspecified atom stereocenters. The van der Waals surface area contributed by atoms with Crippen LogP contribution in [0.3, 0.4) is 0 Å². The molecule has 0 radical (unpaired) electrons. The number of hydrogen-bond donors (Lipinski definition) is 0. The van der Waals surface area contributed by atoms with E-state index >= 15 is 0 Å². The molecule has 98 valence electrons. The summed E-state index contributed by atoms with van der Waals surface area (Å²) in [7, 11) is 0. The lowest BCUT2D eigenvalue weighted by Gasteiger charge is -2.25. The zero-order valence-corrected chi connectivity index (χ0v) is 11.0. The van der Waals surface area contributed by atoms with E-state index in [2.05, 4.69) is 15.2 Å². The number of likely N-dealkylation sites (tertiary alicyclic amines) is 1. The Kier molecular flexibility index (Phi) is 3.11. The van der Waals surface area contributed by atoms with E-state index in [4.69, 9.17) is 0 Å². The van der Waals surface area contributed by atoms with E-state index in [-0.39, 0.29) is 11.7 Å². The molecule has 3 rings (SSSR count). The topological polar surface area (TPSA) is 59.0 Å². The van der Waals surface area contributed by atoms with Gasteiger partial charge in [0, 0.05) is 13.1 Å². The van der Waals surface area contributed by atoms with Crippen LogP contribution in [0.1, 0.15) is 35.4 Å². The van der Waals surface area contributed by atoms with Gasteiger partial charge in [-0.05, 0) is 43.9 Å². The first-order chi connectivity index (χ1) is 9.24. The molecule has 0 atom stereocenters. The van der Waals surface area contributed by atoms with Gasteiger partial charge in [0.15, 0.2) is 0 Å². The fourth-order valence-corrected chi connectivity index (χ4v) is 2.37. The number of aromatic nitrogens is 3. The number of carbonyl (C=O) groups excluding carboxylic acids is 1. The van der Waals surface area contributed by atoms with Gasteiger partial charge in [-0.1, -0.05) is 6.07 Å². The molecule has 1 saturated heterocycles. The van der Waals surface area contributed by atoms with Crippen LogP contribution in [0.25, 0.3) is 11.0 Å². The van der Waals surface area contributed by atoms with Crippen LogP contribution < -0.4 is 0 Å². The van der Waals surface area contributed by atoms with Crippen molar-refractivity contribution in [3.8, 4) is 0 Å². The van der Waals surface area contributed by atoms with Crippen LogP contribution in [0.5, 0.6) is 0 Å². The second kappa shape index (κ2) is 4.91. The van der Waals surface area contributed by atoms with Gasteiger partial charge in [0.05, 0.1) is 5.52 Å². The Bertz CT molecular complexity index is 620. The van der Waals surface area contributed by atoms with Crippen molar-refractivity contribution in [2.75, 3.05) is 13.1 Å². The number of aryl methyl sites for hydroxylation is 1. The molecule has 1 aliphatic rings. The number of carbonyl (C=O) groups is 1. The summed E-state index contributed by atoms with van der Waals surface area (Å²) in [5, 5.41) is 8.04. The second-order valence-corrected chi connectivity index (χ2v) is 4.98. The van der Waals surface area contributed by atoms with Crippen LogP contribution in [0, 0.1) is 6.92 Å². The van der Waals surface area contributed by atoms with E-state index in [1.54, 1.807) is 0 Å². The van der Waals surface area contributed by atoms with Crippen molar-refractivity contribution >= 4 is 16.9 Å². The molecule has 19 heavy (non-hydrogen) atoms. The van der Waals surface area contributed by atoms with E-state index in [1.807, 2.05) is 30.0 Å². The molecule has 1 aromatic heterocycles. The zero-order valence-electron chi connectivity index (χ0n) is 11.0. The first-order valence-electron chi connectivity index (χ1n) is 6.64. The third-order valence-corrected chi connectivity index (χ3v) is 3.44. The molecule has 1 amide bonds. The van der Waals surface area contributed by atoms with Gasteiger partial charge < -0.3 is 4.90 Å². The fourth-order valence-electron chi connectivity index (χ4n) is 2.37. The summed E-state index contributed by atoms with van der Waals surface area (Å²) in [5.41, 5.74) is 2.56. The van der Waals surface area contributed by atoms with E-state index in [1.165, 1.54) is 6.42 Å². The second-order valence-electron chi connectivity index (χ2n) is 4.98. The predicted molar refractivity (Wildman–Crippen MR) is 71.8 cm³/mol. The minimum atomic E-state index is -0.101. The van der Waals surface area contributed by atoms with E-state index in [0.29, 0.717) is 0 Å². The maximum atomic E-state index is 12.3. The standard InChI is InChI=1S/C14H16N4O/c1-10-5-6-11-12(9-10)15-13(17-16-11)14(19)18-7-3-2-4-8-18/h5-6,9H,2-4,7-8H2,1H3. The summed E-state index contributed by atoms with van der Waals surface area (Å²) in [6.45, 7) is 3.59. The maximum Gasteiger partial charge on any atom is 0.293 e. The monoisotopic (exact) mass is 256 g/mol. The Morgan fingerprint density at radius 1 is 1.11 bits per heavy atom. The van der Waals surface area contributed by atoms with Crippen LogP contribution in [0.4, 0.5) is 0 Å². The highest BCUT2D eigenvalue weighted by atomic mass is 16.2. The molecule has 5 nitrogen and oxygen atoms in total. The van der Waals surface area contributed by atoms with E-state index in [0.717, 1.165) is 42.5 Å². The van der Waals surface area contributed by atoms with Crippen LogP contribution in [-0.4, -0.2) is 39.1 Å². The quantitative estimate of drug-likeness (QED) is 0.782. The van der Waals surface area contributed by atoms with Crippen molar-refractivity contribution in [3.05, 3.63) is 29.6 Å². The highest BCUT2D eigenvalue weighted by Gasteiger charge is 2.21. The van der Waals surface area contributed by atoms with Crippen LogP contribution in [0.15, 0.2) is 18.2 Å². The molecule has 0 N–H and O–H groups in total. The molecule has 1 aromatic carbocycles. The molecule has 5 heteroatoms. The summed E-state index contributed by atoms with van der Waals surface area (Å²) in [6.07, 6.45) is 3.32. The van der Waals surface area contributed by atoms with Crippen molar-refractivity contribution in [1.82, 2.24) is 20.1 Å². The van der Waals surface area contributed by atoms with Crippen molar-refractivity contribution in [1.29, 1.82) is 0 Å². The first-order valence-corrected chi connectivity index (χ1v) is 6.64. The summed E-state index contributed by atoms with van der Waals surface area (Å²) in [6, 6.07) is 5.77. The molecular formula is C14H16N4O. The summed E-state index contributed by atoms with van der Waals surface area (Å²) >= 11 is 0. The van der Waals surface area contributed by atoms with Crippen LogP contribution in [0.2, 0.25) is 0 Å². The molecule has 0 saturated carbocycles. The Balaban J connectivity index is 1.93. The number of nitrogens with zero attached hydrogens (tertiary/aromatic N) is 4. The third-order valence-electron chi connectivity index (χ3n) is 3.44. The highest BCUT2D eigenvalue weighted by Crippen LogP contribution is 2.14. The lowest BCUT2D eigenvalue weighted by molar-refractivity contribution is 0.0711. The van der Waals surface area contributed by atoms with Gasteiger partial charge in [0.25, 0.3) is 5.91 Å². The van der Waals surface area contributed by atoms with Gasteiger partial charge in [0.2, 0.25) is 5.82 Å². The number of hydrogen-bond acceptors (Lipinski definition) is 4. The van der Waals surface area contributed by atoms with Crippen molar-refractivity contribution in [2.45, 2.75) is 26.2 Å². The minimum Gasteiger partial charge on any atom is -0.336 e. The molecule has 0 aliphatic carbocycles. The van der Waals surface area contributed by atoms with E-state index < -0.39 is 0 Å². The molecule has 1 aliphatic heterocycles. The van der Waals surface area contributed by atoms with Gasteiger partial charge in [-0.2, -0.15) is 0 Å². The van der Waals surface area contributed by atoms with Gasteiger partial charge in [-0.25, -0.2) is 4.98 Å². The van der Waals surface area contributed by atoms with Crippen LogP contribution >= 0.6 is 0 Å². The summed E-state index contributed by atoms with van der Waals surface area (Å²) in [5.74, 6) is 0.107. The fraction of sp³-hybridized carbons (Fsp3) is 0.429. The zero-order chi connectivity index (χ0) is 13.2. The Morgan fingerprint density at radius 3 is 2.68 bits per heavy atom. The molecule has 2 aromatic rings. The van der Waals surface area contributed by atoms with Gasteiger partial charge >= 0.3 is 0 Å². The van der Waals surface area contributed by atoms with Crippen molar-refractivity contribution in [3.63, 3.8) is 0 Å². The minimum absolute atomic E-state index is 0.101. The lowest BCUT2D eigenvalue weighted by Crippen LogP contribution is -2.36. The lowest BCUT2D eigenvalue weighted by atomic mass is 10.1.